The molecule has 0 heterocycles. The molecule has 23 heavy (non-hydrogen) atoms. The Morgan fingerprint density at radius 1 is 1.13 bits per heavy atom. The largest absolute Gasteiger partial charge is 0.497 e. The van der Waals surface area contributed by atoms with Gasteiger partial charge in [-0.15, -0.1) is 0 Å². The van der Waals surface area contributed by atoms with Crippen LogP contribution < -0.4 is 14.7 Å². The first kappa shape index (κ1) is 16.7. The highest BCUT2D eigenvalue weighted by Crippen LogP contribution is 2.28. The van der Waals surface area contributed by atoms with Crippen molar-refractivity contribution >= 4 is 16.0 Å². The standard InChI is InChI=1S/C14H11F2NO5S/c1-21-9-3-4-10(14(17)18)12(7-9)22-23(19,20)13-5-2-8(15)6-11(13)16/h2-7H,1H3,(H2,17,18). The zero-order valence-corrected chi connectivity index (χ0v) is 12.6. The third-order valence-electron chi connectivity index (χ3n) is 2.82. The first-order valence-electron chi connectivity index (χ1n) is 6.12. The van der Waals surface area contributed by atoms with Crippen molar-refractivity contribution < 1.29 is 30.9 Å². The molecule has 0 bridgehead atoms. The molecule has 122 valence electrons. The number of nitrogens with two attached hydrogens (primary N) is 1. The molecule has 0 aliphatic rings. The molecule has 0 fully saturated rings. The van der Waals surface area contributed by atoms with Crippen LogP contribution in [-0.2, 0) is 10.1 Å². The summed E-state index contributed by atoms with van der Waals surface area (Å²) in [6.07, 6.45) is 0. The van der Waals surface area contributed by atoms with Crippen LogP contribution in [0.2, 0.25) is 0 Å². The van der Waals surface area contributed by atoms with Gasteiger partial charge in [-0.1, -0.05) is 0 Å². The molecular weight excluding hydrogens is 332 g/mol. The third kappa shape index (κ3) is 3.57. The van der Waals surface area contributed by atoms with Crippen LogP contribution in [0.1, 0.15) is 10.4 Å². The Bertz CT molecular complexity index is 867. The first-order chi connectivity index (χ1) is 10.7. The maximum absolute atomic E-state index is 13.6. The highest BCUT2D eigenvalue weighted by atomic mass is 32.2. The molecule has 6 nitrogen and oxygen atoms in total. The number of methoxy groups -OCH3 is 1. The predicted octanol–water partition coefficient (Wildman–Crippen LogP) is 1.84. The van der Waals surface area contributed by atoms with Crippen LogP contribution in [0.15, 0.2) is 41.3 Å². The van der Waals surface area contributed by atoms with E-state index in [0.717, 1.165) is 12.1 Å². The summed E-state index contributed by atoms with van der Waals surface area (Å²) in [7, 11) is -3.33. The van der Waals surface area contributed by atoms with Gasteiger partial charge in [0.15, 0.2) is 5.75 Å². The SMILES string of the molecule is COc1ccc(C(N)=O)c(OS(=O)(=O)c2ccc(F)cc2F)c1. The van der Waals surface area contributed by atoms with Gasteiger partial charge < -0.3 is 14.7 Å². The van der Waals surface area contributed by atoms with E-state index >= 15 is 0 Å². The molecule has 2 aromatic carbocycles. The second-order valence-corrected chi connectivity index (χ2v) is 5.85. The zero-order valence-electron chi connectivity index (χ0n) is 11.7. The number of halogens is 2. The average molecular weight is 343 g/mol. The Morgan fingerprint density at radius 2 is 1.83 bits per heavy atom. The van der Waals surface area contributed by atoms with Crippen LogP contribution in [0.4, 0.5) is 8.78 Å². The van der Waals surface area contributed by atoms with Crippen LogP contribution >= 0.6 is 0 Å². The second kappa shape index (κ2) is 6.21. The van der Waals surface area contributed by atoms with E-state index in [1.807, 2.05) is 0 Å². The lowest BCUT2D eigenvalue weighted by atomic mass is 10.2. The molecule has 2 rings (SSSR count). The lowest BCUT2D eigenvalue weighted by Gasteiger charge is -2.11. The molecule has 0 aliphatic heterocycles. The molecule has 0 aliphatic carbocycles. The minimum absolute atomic E-state index is 0.194. The van der Waals surface area contributed by atoms with Gasteiger partial charge in [-0.25, -0.2) is 8.78 Å². The monoisotopic (exact) mass is 343 g/mol. The van der Waals surface area contributed by atoms with Crippen molar-refractivity contribution in [3.8, 4) is 11.5 Å². The molecule has 0 atom stereocenters. The number of carbonyl (C=O) groups excluding carboxylic acids is 1. The number of hydrogen-bond acceptors (Lipinski definition) is 5. The number of rotatable bonds is 5. The van der Waals surface area contributed by atoms with Crippen LogP contribution in [0, 0.1) is 11.6 Å². The fourth-order valence-corrected chi connectivity index (χ4v) is 2.74. The predicted molar refractivity (Wildman–Crippen MR) is 75.7 cm³/mol. The summed E-state index contributed by atoms with van der Waals surface area (Å²) in [5.74, 6) is -3.45. The van der Waals surface area contributed by atoms with E-state index in [1.165, 1.54) is 19.2 Å². The first-order valence-corrected chi connectivity index (χ1v) is 7.53. The normalized spacial score (nSPS) is 11.1. The fourth-order valence-electron chi connectivity index (χ4n) is 1.74. The maximum atomic E-state index is 13.6. The van der Waals surface area contributed by atoms with E-state index in [9.17, 15) is 22.0 Å². The van der Waals surface area contributed by atoms with Crippen molar-refractivity contribution in [3.05, 3.63) is 53.6 Å². The van der Waals surface area contributed by atoms with Gasteiger partial charge in [0, 0.05) is 12.1 Å². The molecular formula is C14H11F2NO5S. The number of primary amides is 1. The Hall–Kier alpha value is -2.68. The average Bonchev–Trinajstić information content (AvgIpc) is 2.45. The van der Waals surface area contributed by atoms with E-state index in [2.05, 4.69) is 0 Å². The van der Waals surface area contributed by atoms with Gasteiger partial charge in [-0.3, -0.25) is 4.79 Å². The zero-order chi connectivity index (χ0) is 17.2. The second-order valence-electron chi connectivity index (χ2n) is 4.34. The fraction of sp³-hybridized carbons (Fsp3) is 0.0714. The highest BCUT2D eigenvalue weighted by molar-refractivity contribution is 7.87. The van der Waals surface area contributed by atoms with E-state index < -0.39 is 38.3 Å². The third-order valence-corrected chi connectivity index (χ3v) is 4.09. The maximum Gasteiger partial charge on any atom is 0.342 e. The van der Waals surface area contributed by atoms with Gasteiger partial charge in [0.1, 0.15) is 22.3 Å². The summed E-state index contributed by atoms with van der Waals surface area (Å²) in [6, 6.07) is 5.56. The van der Waals surface area contributed by atoms with Crippen molar-refractivity contribution in [1.82, 2.24) is 0 Å². The smallest absolute Gasteiger partial charge is 0.342 e. The van der Waals surface area contributed by atoms with E-state index in [-0.39, 0.29) is 11.3 Å². The number of hydrogen-bond donors (Lipinski definition) is 1. The highest BCUT2D eigenvalue weighted by Gasteiger charge is 2.24. The van der Waals surface area contributed by atoms with Gasteiger partial charge in [-0.2, -0.15) is 8.42 Å². The summed E-state index contributed by atoms with van der Waals surface area (Å²) in [5, 5.41) is 0. The van der Waals surface area contributed by atoms with Crippen molar-refractivity contribution in [3.63, 3.8) is 0 Å². The van der Waals surface area contributed by atoms with Crippen molar-refractivity contribution in [2.75, 3.05) is 7.11 Å². The van der Waals surface area contributed by atoms with Gasteiger partial charge in [-0.05, 0) is 24.3 Å². The van der Waals surface area contributed by atoms with E-state index in [4.69, 9.17) is 14.7 Å². The Balaban J connectivity index is 2.50. The number of carbonyl (C=O) groups is 1. The summed E-state index contributed by atoms with van der Waals surface area (Å²) in [6.45, 7) is 0. The van der Waals surface area contributed by atoms with Crippen molar-refractivity contribution in [2.45, 2.75) is 4.90 Å². The molecule has 0 spiro atoms. The molecule has 0 radical (unpaired) electrons. The Morgan fingerprint density at radius 3 is 2.39 bits per heavy atom. The van der Waals surface area contributed by atoms with E-state index in [1.54, 1.807) is 0 Å². The summed E-state index contributed by atoms with van der Waals surface area (Å²) < 4.78 is 60.4. The van der Waals surface area contributed by atoms with Crippen LogP contribution in [0.5, 0.6) is 11.5 Å². The molecule has 0 saturated carbocycles. The topological polar surface area (TPSA) is 95.7 Å². The minimum atomic E-state index is -4.65. The molecule has 0 aromatic heterocycles. The molecule has 2 N–H and O–H groups in total. The van der Waals surface area contributed by atoms with Gasteiger partial charge >= 0.3 is 10.1 Å². The van der Waals surface area contributed by atoms with Crippen molar-refractivity contribution in [1.29, 1.82) is 0 Å². The molecule has 0 unspecified atom stereocenters. The lowest BCUT2D eigenvalue weighted by Crippen LogP contribution is -2.17. The minimum Gasteiger partial charge on any atom is -0.497 e. The van der Waals surface area contributed by atoms with E-state index in [0.29, 0.717) is 12.1 Å². The molecule has 1 amide bonds. The molecule has 9 heteroatoms. The summed E-state index contributed by atoms with van der Waals surface area (Å²) >= 11 is 0. The lowest BCUT2D eigenvalue weighted by molar-refractivity contribution is 0.0999. The van der Waals surface area contributed by atoms with Crippen LogP contribution in [-0.4, -0.2) is 21.4 Å². The van der Waals surface area contributed by atoms with Crippen LogP contribution in [0.3, 0.4) is 0 Å². The van der Waals surface area contributed by atoms with Gasteiger partial charge in [0.05, 0.1) is 12.7 Å². The Labute approximate surface area is 130 Å². The van der Waals surface area contributed by atoms with Crippen LogP contribution in [0.25, 0.3) is 0 Å². The number of amides is 1. The molecule has 2 aromatic rings. The Kier molecular flexibility index (Phi) is 4.50. The van der Waals surface area contributed by atoms with Gasteiger partial charge in [0.2, 0.25) is 0 Å². The quantitative estimate of drug-likeness (QED) is 0.836. The van der Waals surface area contributed by atoms with Gasteiger partial charge in [0.25, 0.3) is 5.91 Å². The summed E-state index contributed by atoms with van der Waals surface area (Å²) in [5.41, 5.74) is 4.90. The van der Waals surface area contributed by atoms with Crippen molar-refractivity contribution in [2.24, 2.45) is 5.73 Å². The number of ether oxygens (including phenoxy) is 1. The molecule has 0 saturated heterocycles. The number of benzene rings is 2. The summed E-state index contributed by atoms with van der Waals surface area (Å²) in [4.78, 5) is 10.5.